The van der Waals surface area contributed by atoms with Gasteiger partial charge in [-0.3, -0.25) is 0 Å². The zero-order valence-corrected chi connectivity index (χ0v) is 19.0. The van der Waals surface area contributed by atoms with Crippen LogP contribution in [0.3, 0.4) is 0 Å². The summed E-state index contributed by atoms with van der Waals surface area (Å²) in [4.78, 5) is 12.9. The Bertz CT molecular complexity index is 936. The maximum atomic E-state index is 10.1. The van der Waals surface area contributed by atoms with Gasteiger partial charge >= 0.3 is 0 Å². The van der Waals surface area contributed by atoms with Crippen LogP contribution in [0.1, 0.15) is 0 Å². The number of hydrogen-bond acceptors (Lipinski definition) is 7. The van der Waals surface area contributed by atoms with Crippen LogP contribution in [0.5, 0.6) is 0 Å². The molecule has 158 valence electrons. The molecule has 3 aromatic rings. The highest BCUT2D eigenvalue weighted by molar-refractivity contribution is 9.10. The predicted molar refractivity (Wildman–Crippen MR) is 127 cm³/mol. The van der Waals surface area contributed by atoms with Crippen molar-refractivity contribution in [2.24, 2.45) is 0 Å². The third kappa shape index (κ3) is 6.41. The summed E-state index contributed by atoms with van der Waals surface area (Å²) in [5.74, 6) is 1.18. The summed E-state index contributed by atoms with van der Waals surface area (Å²) in [6.07, 6.45) is 1.31. The van der Waals surface area contributed by atoms with E-state index in [2.05, 4.69) is 36.5 Å². The predicted octanol–water partition coefficient (Wildman–Crippen LogP) is 4.09. The molecule has 0 aliphatic heterocycles. The first-order valence-electron chi connectivity index (χ1n) is 9.66. The fraction of sp³-hybridized carbons (Fsp3) is 0.273. The van der Waals surface area contributed by atoms with E-state index in [1.54, 1.807) is 6.20 Å². The fourth-order valence-corrected chi connectivity index (χ4v) is 3.29. The Hall–Kier alpha value is -2.68. The largest absolute Gasteiger partial charge is 0.390 e. The molecule has 0 amide bonds. The lowest BCUT2D eigenvalue weighted by Gasteiger charge is -2.24. The highest BCUT2D eigenvalue weighted by Crippen LogP contribution is 2.25. The molecule has 30 heavy (non-hydrogen) atoms. The normalized spacial score (nSPS) is 11.9. The SMILES string of the molecule is CN(C)CC(O)CN(C)c1ccc(Nc2ncc(Br)c(Nc3ccccc3)n2)cc1. The standard InChI is InChI=1S/C22H27BrN6O/c1-28(2)14-19(30)15-29(3)18-11-9-17(10-12-18)26-22-24-13-20(23)21(27-22)25-16-7-5-4-6-8-16/h4-13,19,30H,14-15H2,1-3H3,(H2,24,25,26,27). The molecule has 2 aromatic carbocycles. The molecule has 0 radical (unpaired) electrons. The van der Waals surface area contributed by atoms with Crippen molar-refractivity contribution < 1.29 is 5.11 Å². The summed E-state index contributed by atoms with van der Waals surface area (Å²) in [6, 6.07) is 17.8. The average Bonchev–Trinajstić information content (AvgIpc) is 2.71. The van der Waals surface area contributed by atoms with Crippen molar-refractivity contribution in [3.63, 3.8) is 0 Å². The zero-order valence-electron chi connectivity index (χ0n) is 17.4. The highest BCUT2D eigenvalue weighted by atomic mass is 79.9. The molecule has 0 bridgehead atoms. The van der Waals surface area contributed by atoms with Crippen molar-refractivity contribution in [1.29, 1.82) is 0 Å². The molecule has 8 heteroatoms. The Morgan fingerprint density at radius 3 is 2.27 bits per heavy atom. The number of hydrogen-bond donors (Lipinski definition) is 3. The first-order valence-corrected chi connectivity index (χ1v) is 10.5. The number of halogens is 1. The van der Waals surface area contributed by atoms with E-state index in [4.69, 9.17) is 0 Å². The van der Waals surface area contributed by atoms with Gasteiger partial charge in [0.25, 0.3) is 0 Å². The van der Waals surface area contributed by atoms with Gasteiger partial charge in [-0.1, -0.05) is 18.2 Å². The first-order chi connectivity index (χ1) is 14.4. The molecule has 0 spiro atoms. The maximum Gasteiger partial charge on any atom is 0.229 e. The number of para-hydroxylation sites is 1. The van der Waals surface area contributed by atoms with Crippen LogP contribution in [0, 0.1) is 0 Å². The van der Waals surface area contributed by atoms with E-state index in [1.807, 2.05) is 85.5 Å². The number of benzene rings is 2. The fourth-order valence-electron chi connectivity index (χ4n) is 3.00. The molecule has 0 aliphatic carbocycles. The van der Waals surface area contributed by atoms with Gasteiger partial charge in [0.05, 0.1) is 10.6 Å². The van der Waals surface area contributed by atoms with E-state index in [0.29, 0.717) is 24.9 Å². The first kappa shape index (κ1) is 22.0. The molecule has 1 atom stereocenters. The number of aliphatic hydroxyl groups is 1. The minimum atomic E-state index is -0.408. The van der Waals surface area contributed by atoms with E-state index >= 15 is 0 Å². The Balaban J connectivity index is 1.64. The highest BCUT2D eigenvalue weighted by Gasteiger charge is 2.10. The second-order valence-electron chi connectivity index (χ2n) is 7.35. The van der Waals surface area contributed by atoms with E-state index in [-0.39, 0.29) is 0 Å². The van der Waals surface area contributed by atoms with Crippen LogP contribution in [0.4, 0.5) is 28.8 Å². The Kier molecular flexibility index (Phi) is 7.62. The molecular formula is C22H27BrN6O. The monoisotopic (exact) mass is 470 g/mol. The Morgan fingerprint density at radius 2 is 1.60 bits per heavy atom. The molecule has 1 unspecified atom stereocenters. The van der Waals surface area contributed by atoms with E-state index < -0.39 is 6.10 Å². The zero-order chi connectivity index (χ0) is 21.5. The van der Waals surface area contributed by atoms with Crippen LogP contribution >= 0.6 is 15.9 Å². The van der Waals surface area contributed by atoms with Crippen LogP contribution in [0.25, 0.3) is 0 Å². The number of nitrogens with zero attached hydrogens (tertiary/aromatic N) is 4. The molecule has 3 rings (SSSR count). The minimum absolute atomic E-state index is 0.408. The maximum absolute atomic E-state index is 10.1. The molecule has 0 aliphatic rings. The summed E-state index contributed by atoms with van der Waals surface area (Å²) in [5, 5.41) is 16.6. The van der Waals surface area contributed by atoms with Crippen molar-refractivity contribution in [2.45, 2.75) is 6.10 Å². The van der Waals surface area contributed by atoms with Crippen LogP contribution in [-0.4, -0.2) is 60.3 Å². The molecule has 0 saturated carbocycles. The summed E-state index contributed by atoms with van der Waals surface area (Å²) in [6.45, 7) is 1.19. The smallest absolute Gasteiger partial charge is 0.229 e. The molecule has 1 heterocycles. The van der Waals surface area contributed by atoms with E-state index in [1.165, 1.54) is 0 Å². The van der Waals surface area contributed by atoms with Crippen LogP contribution < -0.4 is 15.5 Å². The second kappa shape index (κ2) is 10.4. The van der Waals surface area contributed by atoms with Gasteiger partial charge in [-0.05, 0) is 66.4 Å². The lowest BCUT2D eigenvalue weighted by Crippen LogP contribution is -2.36. The average molecular weight is 471 g/mol. The van der Waals surface area contributed by atoms with Gasteiger partial charge in [0.1, 0.15) is 5.82 Å². The summed E-state index contributed by atoms with van der Waals surface area (Å²) < 4.78 is 0.783. The van der Waals surface area contributed by atoms with Crippen molar-refractivity contribution in [1.82, 2.24) is 14.9 Å². The molecule has 1 aromatic heterocycles. The van der Waals surface area contributed by atoms with Gasteiger partial charge in [-0.2, -0.15) is 4.98 Å². The van der Waals surface area contributed by atoms with E-state index in [0.717, 1.165) is 21.5 Å². The Labute approximate surface area is 185 Å². The molecule has 0 fully saturated rings. The van der Waals surface area contributed by atoms with Crippen molar-refractivity contribution in [3.8, 4) is 0 Å². The minimum Gasteiger partial charge on any atom is -0.390 e. The lowest BCUT2D eigenvalue weighted by atomic mass is 10.2. The van der Waals surface area contributed by atoms with Gasteiger partial charge in [-0.25, -0.2) is 4.98 Å². The van der Waals surface area contributed by atoms with Gasteiger partial charge in [0, 0.05) is 43.4 Å². The summed E-state index contributed by atoms with van der Waals surface area (Å²) in [7, 11) is 5.88. The molecular weight excluding hydrogens is 444 g/mol. The lowest BCUT2D eigenvalue weighted by molar-refractivity contribution is 0.143. The van der Waals surface area contributed by atoms with Crippen LogP contribution in [0.2, 0.25) is 0 Å². The third-order valence-electron chi connectivity index (χ3n) is 4.41. The number of anilines is 5. The molecule has 7 nitrogen and oxygen atoms in total. The second-order valence-corrected chi connectivity index (χ2v) is 8.20. The molecule has 0 saturated heterocycles. The number of nitrogens with one attached hydrogen (secondary N) is 2. The quantitative estimate of drug-likeness (QED) is 0.434. The van der Waals surface area contributed by atoms with E-state index in [9.17, 15) is 5.11 Å². The van der Waals surface area contributed by atoms with Gasteiger partial charge < -0.3 is 25.5 Å². The van der Waals surface area contributed by atoms with Crippen LogP contribution in [0.15, 0.2) is 65.3 Å². The number of aliphatic hydroxyl groups excluding tert-OH is 1. The summed E-state index contributed by atoms with van der Waals surface area (Å²) >= 11 is 3.49. The number of likely N-dealkylation sites (N-methyl/N-ethyl adjacent to an activating group) is 2. The summed E-state index contributed by atoms with van der Waals surface area (Å²) in [5.41, 5.74) is 2.86. The van der Waals surface area contributed by atoms with Gasteiger partial charge in [0.2, 0.25) is 5.95 Å². The van der Waals surface area contributed by atoms with Crippen LogP contribution in [-0.2, 0) is 0 Å². The van der Waals surface area contributed by atoms with Crippen molar-refractivity contribution in [2.75, 3.05) is 49.8 Å². The third-order valence-corrected chi connectivity index (χ3v) is 4.99. The van der Waals surface area contributed by atoms with Gasteiger partial charge in [-0.15, -0.1) is 0 Å². The topological polar surface area (TPSA) is 76.6 Å². The number of rotatable bonds is 9. The van der Waals surface area contributed by atoms with Crippen molar-refractivity contribution in [3.05, 3.63) is 65.3 Å². The van der Waals surface area contributed by atoms with Gasteiger partial charge in [0.15, 0.2) is 0 Å². The number of aromatic nitrogens is 2. The molecule has 3 N–H and O–H groups in total. The Morgan fingerprint density at radius 1 is 0.933 bits per heavy atom. The van der Waals surface area contributed by atoms with Crippen molar-refractivity contribution >= 4 is 44.8 Å².